The summed E-state index contributed by atoms with van der Waals surface area (Å²) >= 11 is 0. The molecule has 1 aromatic heterocycles. The summed E-state index contributed by atoms with van der Waals surface area (Å²) in [6.45, 7) is 3.08. The van der Waals surface area contributed by atoms with Gasteiger partial charge in [0.15, 0.2) is 0 Å². The summed E-state index contributed by atoms with van der Waals surface area (Å²) in [4.78, 5) is 10.3. The second kappa shape index (κ2) is 5.69. The molecule has 0 aliphatic heterocycles. The molecule has 0 atom stereocenters. The van der Waals surface area contributed by atoms with E-state index in [9.17, 15) is 4.39 Å². The molecule has 0 saturated heterocycles. The average molecular weight is 245 g/mol. The van der Waals surface area contributed by atoms with E-state index in [0.29, 0.717) is 13.1 Å². The van der Waals surface area contributed by atoms with Gasteiger partial charge in [0, 0.05) is 24.5 Å². The van der Waals surface area contributed by atoms with Crippen molar-refractivity contribution < 1.29 is 4.39 Å². The first kappa shape index (κ1) is 12.6. The molecule has 2 rings (SSSR count). The van der Waals surface area contributed by atoms with Crippen molar-refractivity contribution in [3.05, 3.63) is 59.4 Å². The van der Waals surface area contributed by atoms with E-state index in [2.05, 4.69) is 9.97 Å². The Morgan fingerprint density at radius 2 is 1.83 bits per heavy atom. The van der Waals surface area contributed by atoms with E-state index in [1.54, 1.807) is 24.5 Å². The molecular weight excluding hydrogens is 229 g/mol. The maximum Gasteiger partial charge on any atom is 0.142 e. The number of hydrogen-bond acceptors (Lipinski definition) is 3. The number of aromatic nitrogens is 2. The largest absolute Gasteiger partial charge is 0.295 e. The Hall–Kier alpha value is -1.81. The highest BCUT2D eigenvalue weighted by Crippen LogP contribution is 2.15. The number of nitrogens with zero attached hydrogens (tertiary/aromatic N) is 3. The van der Waals surface area contributed by atoms with Crippen LogP contribution in [0.1, 0.15) is 17.0 Å². The first-order chi connectivity index (χ1) is 8.66. The van der Waals surface area contributed by atoms with Crippen molar-refractivity contribution in [1.29, 1.82) is 0 Å². The Balaban J connectivity index is 2.06. The van der Waals surface area contributed by atoms with Gasteiger partial charge in [0.25, 0.3) is 0 Å². The van der Waals surface area contributed by atoms with E-state index >= 15 is 0 Å². The highest BCUT2D eigenvalue weighted by atomic mass is 19.1. The van der Waals surface area contributed by atoms with Gasteiger partial charge in [-0.2, -0.15) is 0 Å². The highest BCUT2D eigenvalue weighted by Gasteiger charge is 2.09. The standard InChI is InChI=1S/C14H16FN3/c1-11-5-3-6-13(15)12(11)9-18(2)10-14-16-7-4-8-17-14/h3-8H,9-10H2,1-2H3. The number of hydrogen-bond donors (Lipinski definition) is 0. The van der Waals surface area contributed by atoms with Gasteiger partial charge in [-0.25, -0.2) is 14.4 Å². The summed E-state index contributed by atoms with van der Waals surface area (Å²) in [7, 11) is 1.93. The second-order valence-corrected chi connectivity index (χ2v) is 4.37. The first-order valence-corrected chi connectivity index (χ1v) is 5.85. The zero-order valence-corrected chi connectivity index (χ0v) is 10.6. The molecule has 0 aliphatic rings. The smallest absolute Gasteiger partial charge is 0.142 e. The molecule has 0 unspecified atom stereocenters. The van der Waals surface area contributed by atoms with Gasteiger partial charge in [0.2, 0.25) is 0 Å². The number of rotatable bonds is 4. The average Bonchev–Trinajstić information content (AvgIpc) is 2.35. The molecule has 0 aliphatic carbocycles. The molecule has 18 heavy (non-hydrogen) atoms. The predicted molar refractivity (Wildman–Crippen MR) is 68.3 cm³/mol. The Morgan fingerprint density at radius 3 is 2.50 bits per heavy atom. The Bertz CT molecular complexity index is 493. The minimum Gasteiger partial charge on any atom is -0.295 e. The molecular formula is C14H16FN3. The van der Waals surface area contributed by atoms with Crippen LogP contribution >= 0.6 is 0 Å². The molecule has 0 saturated carbocycles. The first-order valence-electron chi connectivity index (χ1n) is 5.85. The van der Waals surface area contributed by atoms with Crippen LogP contribution in [-0.2, 0) is 13.1 Å². The summed E-state index contributed by atoms with van der Waals surface area (Å²) in [5, 5.41) is 0. The van der Waals surface area contributed by atoms with E-state index in [1.165, 1.54) is 6.07 Å². The minimum atomic E-state index is -0.157. The molecule has 0 spiro atoms. The molecule has 0 fully saturated rings. The van der Waals surface area contributed by atoms with Crippen molar-refractivity contribution in [3.8, 4) is 0 Å². The Morgan fingerprint density at radius 1 is 1.11 bits per heavy atom. The van der Waals surface area contributed by atoms with E-state index in [-0.39, 0.29) is 5.82 Å². The van der Waals surface area contributed by atoms with Crippen molar-refractivity contribution in [3.63, 3.8) is 0 Å². The number of aryl methyl sites for hydroxylation is 1. The third-order valence-corrected chi connectivity index (χ3v) is 2.81. The molecule has 1 heterocycles. The SMILES string of the molecule is Cc1cccc(F)c1CN(C)Cc1ncccn1. The summed E-state index contributed by atoms with van der Waals surface area (Å²) < 4.78 is 13.7. The fourth-order valence-electron chi connectivity index (χ4n) is 1.85. The lowest BCUT2D eigenvalue weighted by Gasteiger charge is -2.17. The van der Waals surface area contributed by atoms with E-state index in [1.807, 2.05) is 24.9 Å². The third kappa shape index (κ3) is 3.11. The van der Waals surface area contributed by atoms with Gasteiger partial charge in [0.1, 0.15) is 11.6 Å². The van der Waals surface area contributed by atoms with Crippen LogP contribution < -0.4 is 0 Å². The lowest BCUT2D eigenvalue weighted by molar-refractivity contribution is 0.304. The van der Waals surface area contributed by atoms with E-state index < -0.39 is 0 Å². The molecule has 0 bridgehead atoms. The van der Waals surface area contributed by atoms with E-state index in [0.717, 1.165) is 17.0 Å². The topological polar surface area (TPSA) is 29.0 Å². The van der Waals surface area contributed by atoms with Crippen molar-refractivity contribution in [1.82, 2.24) is 14.9 Å². The van der Waals surface area contributed by atoms with Gasteiger partial charge < -0.3 is 0 Å². The fraction of sp³-hybridized carbons (Fsp3) is 0.286. The van der Waals surface area contributed by atoms with Crippen molar-refractivity contribution in [2.75, 3.05) is 7.05 Å². The molecule has 0 N–H and O–H groups in total. The van der Waals surface area contributed by atoms with Gasteiger partial charge in [-0.1, -0.05) is 12.1 Å². The Kier molecular flexibility index (Phi) is 3.99. The third-order valence-electron chi connectivity index (χ3n) is 2.81. The predicted octanol–water partition coefficient (Wildman–Crippen LogP) is 2.56. The van der Waals surface area contributed by atoms with Gasteiger partial charge in [-0.15, -0.1) is 0 Å². The van der Waals surface area contributed by atoms with Crippen LogP contribution in [-0.4, -0.2) is 21.9 Å². The number of halogens is 1. The van der Waals surface area contributed by atoms with Gasteiger partial charge >= 0.3 is 0 Å². The van der Waals surface area contributed by atoms with Gasteiger partial charge in [-0.05, 0) is 31.7 Å². The maximum atomic E-state index is 13.7. The normalized spacial score (nSPS) is 10.9. The Labute approximate surface area is 106 Å². The van der Waals surface area contributed by atoms with Crippen LogP contribution in [0, 0.1) is 12.7 Å². The quantitative estimate of drug-likeness (QED) is 0.829. The van der Waals surface area contributed by atoms with Crippen LogP contribution in [0.4, 0.5) is 4.39 Å². The van der Waals surface area contributed by atoms with Crippen LogP contribution in [0.5, 0.6) is 0 Å². The summed E-state index contributed by atoms with van der Waals surface area (Å²) in [5.74, 6) is 0.588. The maximum absolute atomic E-state index is 13.7. The molecule has 0 amide bonds. The zero-order valence-electron chi connectivity index (χ0n) is 10.6. The minimum absolute atomic E-state index is 0.157. The van der Waals surface area contributed by atoms with Crippen molar-refractivity contribution >= 4 is 0 Å². The summed E-state index contributed by atoms with van der Waals surface area (Å²) in [6.07, 6.45) is 3.43. The molecule has 94 valence electrons. The fourth-order valence-corrected chi connectivity index (χ4v) is 1.85. The van der Waals surface area contributed by atoms with Crippen molar-refractivity contribution in [2.24, 2.45) is 0 Å². The highest BCUT2D eigenvalue weighted by molar-refractivity contribution is 5.27. The lowest BCUT2D eigenvalue weighted by atomic mass is 10.1. The van der Waals surface area contributed by atoms with Crippen LogP contribution in [0.2, 0.25) is 0 Å². The summed E-state index contributed by atoms with van der Waals surface area (Å²) in [6, 6.07) is 6.93. The van der Waals surface area contributed by atoms with Gasteiger partial charge in [0.05, 0.1) is 6.54 Å². The molecule has 1 aromatic carbocycles. The van der Waals surface area contributed by atoms with Gasteiger partial charge in [-0.3, -0.25) is 4.90 Å². The zero-order chi connectivity index (χ0) is 13.0. The molecule has 3 nitrogen and oxygen atoms in total. The van der Waals surface area contributed by atoms with Crippen LogP contribution in [0.25, 0.3) is 0 Å². The van der Waals surface area contributed by atoms with E-state index in [4.69, 9.17) is 0 Å². The molecule has 2 aromatic rings. The number of benzene rings is 1. The summed E-state index contributed by atoms with van der Waals surface area (Å²) in [5.41, 5.74) is 1.70. The van der Waals surface area contributed by atoms with Crippen LogP contribution in [0.3, 0.4) is 0 Å². The molecule has 4 heteroatoms. The molecule has 0 radical (unpaired) electrons. The monoisotopic (exact) mass is 245 g/mol. The second-order valence-electron chi connectivity index (χ2n) is 4.37. The van der Waals surface area contributed by atoms with Crippen LogP contribution in [0.15, 0.2) is 36.7 Å². The lowest BCUT2D eigenvalue weighted by Crippen LogP contribution is -2.20. The van der Waals surface area contributed by atoms with Crippen molar-refractivity contribution in [2.45, 2.75) is 20.0 Å².